The van der Waals surface area contributed by atoms with Crippen LogP contribution in [0.2, 0.25) is 0 Å². The van der Waals surface area contributed by atoms with Gasteiger partial charge in [0.15, 0.2) is 6.20 Å². The highest BCUT2D eigenvalue weighted by Crippen LogP contribution is 2.16. The summed E-state index contributed by atoms with van der Waals surface area (Å²) in [6, 6.07) is 2.10. The Morgan fingerprint density at radius 2 is 2.14 bits per heavy atom. The molecule has 0 amide bonds. The normalized spacial score (nSPS) is 11.4. The summed E-state index contributed by atoms with van der Waals surface area (Å²) in [5, 5.41) is 10.5. The molecular formula is C11H15N3O6S. The van der Waals surface area contributed by atoms with E-state index in [9.17, 15) is 23.3 Å². The zero-order valence-electron chi connectivity index (χ0n) is 11.6. The third-order valence-electron chi connectivity index (χ3n) is 2.55. The van der Waals surface area contributed by atoms with Crippen LogP contribution in [-0.4, -0.2) is 48.8 Å². The Hall–Kier alpha value is -2.07. The van der Waals surface area contributed by atoms with Crippen molar-refractivity contribution in [3.8, 4) is 0 Å². The second-order valence-electron chi connectivity index (χ2n) is 3.99. The van der Waals surface area contributed by atoms with E-state index in [1.807, 2.05) is 0 Å². The summed E-state index contributed by atoms with van der Waals surface area (Å²) in [4.78, 5) is 24.2. The molecule has 21 heavy (non-hydrogen) atoms. The molecule has 116 valence electrons. The molecule has 1 aromatic heterocycles. The Kier molecular flexibility index (Phi) is 5.73. The van der Waals surface area contributed by atoms with Gasteiger partial charge < -0.3 is 14.9 Å². The number of nitrogens with zero attached hydrogens (tertiary/aromatic N) is 3. The largest absolute Gasteiger partial charge is 0.466 e. The highest BCUT2D eigenvalue weighted by molar-refractivity contribution is 7.89. The lowest BCUT2D eigenvalue weighted by molar-refractivity contribution is -0.389. The molecule has 0 saturated carbocycles. The molecule has 9 nitrogen and oxygen atoms in total. The topological polar surface area (TPSA) is 120 Å². The van der Waals surface area contributed by atoms with Gasteiger partial charge in [0.25, 0.3) is 0 Å². The highest BCUT2D eigenvalue weighted by Gasteiger charge is 2.24. The molecular weight excluding hydrogens is 302 g/mol. The first-order valence-corrected chi connectivity index (χ1v) is 7.45. The van der Waals surface area contributed by atoms with Gasteiger partial charge in [-0.1, -0.05) is 0 Å². The van der Waals surface area contributed by atoms with E-state index in [0.29, 0.717) is 0 Å². The van der Waals surface area contributed by atoms with Crippen LogP contribution in [0.1, 0.15) is 13.3 Å². The van der Waals surface area contributed by atoms with Crippen LogP contribution in [-0.2, 0) is 19.6 Å². The maximum Gasteiger partial charge on any atom is 0.363 e. The predicted molar refractivity (Wildman–Crippen MR) is 72.0 cm³/mol. The summed E-state index contributed by atoms with van der Waals surface area (Å²) in [7, 11) is -2.55. The van der Waals surface area contributed by atoms with Gasteiger partial charge in [-0.05, 0) is 22.9 Å². The zero-order valence-corrected chi connectivity index (χ0v) is 12.4. The number of pyridine rings is 1. The number of nitro groups is 1. The summed E-state index contributed by atoms with van der Waals surface area (Å²) in [5.41, 5.74) is 0. The maximum absolute atomic E-state index is 12.1. The Morgan fingerprint density at radius 1 is 1.48 bits per heavy atom. The van der Waals surface area contributed by atoms with Crippen molar-refractivity contribution >= 4 is 21.8 Å². The van der Waals surface area contributed by atoms with Crippen LogP contribution in [0.25, 0.3) is 0 Å². The smallest absolute Gasteiger partial charge is 0.363 e. The molecule has 0 aliphatic heterocycles. The third kappa shape index (κ3) is 4.46. The molecule has 1 rings (SSSR count). The van der Waals surface area contributed by atoms with Gasteiger partial charge in [-0.25, -0.2) is 12.7 Å². The van der Waals surface area contributed by atoms with E-state index >= 15 is 0 Å². The minimum Gasteiger partial charge on any atom is -0.466 e. The summed E-state index contributed by atoms with van der Waals surface area (Å²) in [6.45, 7) is 1.82. The van der Waals surface area contributed by atoms with E-state index in [1.165, 1.54) is 7.05 Å². The lowest BCUT2D eigenvalue weighted by Gasteiger charge is -2.15. The number of hydrogen-bond acceptors (Lipinski definition) is 7. The molecule has 0 unspecified atom stereocenters. The van der Waals surface area contributed by atoms with Crippen molar-refractivity contribution in [1.82, 2.24) is 9.29 Å². The molecule has 0 spiro atoms. The van der Waals surface area contributed by atoms with Crippen molar-refractivity contribution in [2.24, 2.45) is 0 Å². The standard InChI is InChI=1S/C11H15N3O6S/c1-3-20-11(15)6-7-13(2)21(18,19)9-4-5-10(12-8-9)14(16)17/h4-5,8H,3,6-7H2,1-2H3. The first kappa shape index (κ1) is 17.0. The number of ether oxygens (including phenoxy) is 1. The SMILES string of the molecule is CCOC(=O)CCN(C)S(=O)(=O)c1ccc([N+](=O)[O-])nc1. The summed E-state index contributed by atoms with van der Waals surface area (Å²) >= 11 is 0. The van der Waals surface area contributed by atoms with E-state index in [4.69, 9.17) is 4.74 Å². The van der Waals surface area contributed by atoms with Crippen LogP contribution in [0.5, 0.6) is 0 Å². The first-order valence-electron chi connectivity index (χ1n) is 6.01. The van der Waals surface area contributed by atoms with Crippen molar-refractivity contribution < 1.29 is 22.9 Å². The summed E-state index contributed by atoms with van der Waals surface area (Å²) in [6.07, 6.45) is 0.832. The van der Waals surface area contributed by atoms with E-state index in [-0.39, 0.29) is 24.5 Å². The average Bonchev–Trinajstić information content (AvgIpc) is 2.45. The molecule has 0 radical (unpaired) electrons. The molecule has 1 aromatic rings. The Bertz CT molecular complexity index is 613. The molecule has 1 heterocycles. The van der Waals surface area contributed by atoms with E-state index in [0.717, 1.165) is 22.6 Å². The van der Waals surface area contributed by atoms with Crippen LogP contribution in [0, 0.1) is 10.1 Å². The number of carbonyl (C=O) groups is 1. The Labute approximate surface area is 121 Å². The Balaban J connectivity index is 2.79. The van der Waals surface area contributed by atoms with Crippen molar-refractivity contribution in [2.75, 3.05) is 20.2 Å². The number of sulfonamides is 1. The van der Waals surface area contributed by atoms with E-state index in [1.54, 1.807) is 6.92 Å². The molecule has 10 heteroatoms. The minimum absolute atomic E-state index is 0.0574. The number of carbonyl (C=O) groups excluding carboxylic acids is 1. The number of aromatic nitrogens is 1. The molecule has 0 aliphatic carbocycles. The summed E-state index contributed by atoms with van der Waals surface area (Å²) in [5.74, 6) is -0.940. The fourth-order valence-corrected chi connectivity index (χ4v) is 2.53. The molecule has 0 bridgehead atoms. The van der Waals surface area contributed by atoms with Crippen LogP contribution in [0.3, 0.4) is 0 Å². The lowest BCUT2D eigenvalue weighted by atomic mass is 10.4. The second kappa shape index (κ2) is 7.09. The molecule has 0 aliphatic rings. The third-order valence-corrected chi connectivity index (χ3v) is 4.39. The monoisotopic (exact) mass is 317 g/mol. The highest BCUT2D eigenvalue weighted by atomic mass is 32.2. The number of rotatable bonds is 7. The minimum atomic E-state index is -3.85. The average molecular weight is 317 g/mol. The van der Waals surface area contributed by atoms with Gasteiger partial charge >= 0.3 is 11.8 Å². The quantitative estimate of drug-likeness (QED) is 0.409. The fraction of sp³-hybridized carbons (Fsp3) is 0.455. The molecule has 0 saturated heterocycles. The van der Waals surface area contributed by atoms with Gasteiger partial charge in [0.1, 0.15) is 4.90 Å². The van der Waals surface area contributed by atoms with Gasteiger partial charge in [0.2, 0.25) is 10.0 Å². The van der Waals surface area contributed by atoms with E-state index < -0.39 is 26.7 Å². The van der Waals surface area contributed by atoms with Crippen molar-refractivity contribution in [1.29, 1.82) is 0 Å². The van der Waals surface area contributed by atoms with Crippen LogP contribution < -0.4 is 0 Å². The molecule has 0 N–H and O–H groups in total. The molecule has 0 atom stereocenters. The van der Waals surface area contributed by atoms with Crippen LogP contribution in [0.15, 0.2) is 23.2 Å². The van der Waals surface area contributed by atoms with Gasteiger partial charge in [-0.3, -0.25) is 4.79 Å². The van der Waals surface area contributed by atoms with Crippen molar-refractivity contribution in [3.63, 3.8) is 0 Å². The van der Waals surface area contributed by atoms with Crippen LogP contribution in [0.4, 0.5) is 5.82 Å². The molecule has 0 aromatic carbocycles. The first-order chi connectivity index (χ1) is 9.78. The van der Waals surface area contributed by atoms with E-state index in [2.05, 4.69) is 4.98 Å². The molecule has 0 fully saturated rings. The van der Waals surface area contributed by atoms with Gasteiger partial charge in [0.05, 0.1) is 13.0 Å². The van der Waals surface area contributed by atoms with Gasteiger partial charge in [-0.2, -0.15) is 0 Å². The summed E-state index contributed by atoms with van der Waals surface area (Å²) < 4.78 is 30.0. The fourth-order valence-electron chi connectivity index (χ4n) is 1.42. The van der Waals surface area contributed by atoms with Crippen molar-refractivity contribution in [3.05, 3.63) is 28.4 Å². The number of hydrogen-bond donors (Lipinski definition) is 0. The predicted octanol–water partition coefficient (Wildman–Crippen LogP) is 0.563. The second-order valence-corrected chi connectivity index (χ2v) is 6.04. The number of esters is 1. The maximum atomic E-state index is 12.1. The van der Waals surface area contributed by atoms with Gasteiger partial charge in [-0.15, -0.1) is 0 Å². The Morgan fingerprint density at radius 3 is 2.62 bits per heavy atom. The van der Waals surface area contributed by atoms with Crippen LogP contribution >= 0.6 is 0 Å². The lowest BCUT2D eigenvalue weighted by Crippen LogP contribution is -2.29. The van der Waals surface area contributed by atoms with Crippen molar-refractivity contribution in [2.45, 2.75) is 18.2 Å². The van der Waals surface area contributed by atoms with Gasteiger partial charge in [0, 0.05) is 19.7 Å². The zero-order chi connectivity index (χ0) is 16.0.